The van der Waals surface area contributed by atoms with Gasteiger partial charge in [0.1, 0.15) is 17.3 Å². The van der Waals surface area contributed by atoms with Crippen molar-refractivity contribution in [2.24, 2.45) is 0 Å². The van der Waals surface area contributed by atoms with Gasteiger partial charge in [-0.25, -0.2) is 4.98 Å². The van der Waals surface area contributed by atoms with Gasteiger partial charge in [-0.3, -0.25) is 0 Å². The van der Waals surface area contributed by atoms with Gasteiger partial charge in [-0.2, -0.15) is 0 Å². The maximum Gasteiger partial charge on any atom is 0.132 e. The molecular weight excluding hydrogens is 206 g/mol. The number of rotatable bonds is 1. The Morgan fingerprint density at radius 1 is 1.40 bits per heavy atom. The molecule has 0 fully saturated rings. The Hall–Kier alpha value is -1.29. The highest BCUT2D eigenvalue weighted by Crippen LogP contribution is 2.31. The molecule has 2 N–H and O–H groups in total. The van der Waals surface area contributed by atoms with Gasteiger partial charge in [0, 0.05) is 13.0 Å². The number of hydrogen-bond acceptors (Lipinski definition) is 3. The fraction of sp³-hybridized carbons (Fsp3) is 0.364. The van der Waals surface area contributed by atoms with Crippen molar-refractivity contribution in [3.05, 3.63) is 23.3 Å². The van der Waals surface area contributed by atoms with E-state index in [4.69, 9.17) is 5.73 Å². The molecule has 2 aromatic rings. The van der Waals surface area contributed by atoms with Crippen LogP contribution in [0.2, 0.25) is 0 Å². The summed E-state index contributed by atoms with van der Waals surface area (Å²) in [6.07, 6.45) is 3.52. The SMILES string of the molecule is Nc1c(-c2cccs2)nc2n1CCCC2. The number of aryl methyl sites for hydroxylation is 1. The van der Waals surface area contributed by atoms with Crippen LogP contribution in [0.15, 0.2) is 17.5 Å². The van der Waals surface area contributed by atoms with Crippen molar-refractivity contribution in [2.45, 2.75) is 25.8 Å². The largest absolute Gasteiger partial charge is 0.383 e. The van der Waals surface area contributed by atoms with Gasteiger partial charge in [-0.05, 0) is 24.3 Å². The molecule has 78 valence electrons. The minimum atomic E-state index is 0.840. The lowest BCUT2D eigenvalue weighted by Crippen LogP contribution is -2.12. The van der Waals surface area contributed by atoms with E-state index in [0.717, 1.165) is 30.3 Å². The molecule has 0 saturated heterocycles. The number of nitrogen functional groups attached to an aromatic ring is 1. The highest BCUT2D eigenvalue weighted by Gasteiger charge is 2.18. The number of anilines is 1. The summed E-state index contributed by atoms with van der Waals surface area (Å²) in [5.74, 6) is 1.99. The molecule has 0 aliphatic carbocycles. The molecule has 2 aromatic heterocycles. The zero-order valence-electron chi connectivity index (χ0n) is 8.44. The van der Waals surface area contributed by atoms with Crippen molar-refractivity contribution in [3.8, 4) is 10.6 Å². The minimum absolute atomic E-state index is 0.840. The smallest absolute Gasteiger partial charge is 0.132 e. The van der Waals surface area contributed by atoms with E-state index < -0.39 is 0 Å². The molecule has 0 saturated carbocycles. The van der Waals surface area contributed by atoms with E-state index in [0.29, 0.717) is 0 Å². The molecule has 0 aromatic carbocycles. The van der Waals surface area contributed by atoms with Crippen molar-refractivity contribution in [3.63, 3.8) is 0 Å². The summed E-state index contributed by atoms with van der Waals surface area (Å²) in [7, 11) is 0. The molecule has 0 amide bonds. The number of hydrogen-bond donors (Lipinski definition) is 1. The van der Waals surface area contributed by atoms with Crippen LogP contribution in [0.5, 0.6) is 0 Å². The maximum atomic E-state index is 6.12. The third-order valence-corrected chi connectivity index (χ3v) is 3.75. The summed E-state index contributed by atoms with van der Waals surface area (Å²) in [5.41, 5.74) is 7.10. The number of thiophene rings is 1. The zero-order valence-corrected chi connectivity index (χ0v) is 9.26. The number of aromatic nitrogens is 2. The van der Waals surface area contributed by atoms with E-state index >= 15 is 0 Å². The molecule has 1 aliphatic heterocycles. The quantitative estimate of drug-likeness (QED) is 0.801. The Kier molecular flexibility index (Phi) is 2.02. The summed E-state index contributed by atoms with van der Waals surface area (Å²) in [6.45, 7) is 1.03. The predicted molar refractivity (Wildman–Crippen MR) is 62.9 cm³/mol. The lowest BCUT2D eigenvalue weighted by Gasteiger charge is -2.13. The number of nitrogens with two attached hydrogens (primary N) is 1. The minimum Gasteiger partial charge on any atom is -0.383 e. The zero-order chi connectivity index (χ0) is 10.3. The average Bonchev–Trinajstić information content (AvgIpc) is 2.87. The number of fused-ring (bicyclic) bond motifs is 1. The second-order valence-corrected chi connectivity index (χ2v) is 4.80. The van der Waals surface area contributed by atoms with Crippen molar-refractivity contribution >= 4 is 17.2 Å². The van der Waals surface area contributed by atoms with E-state index in [1.807, 2.05) is 6.07 Å². The van der Waals surface area contributed by atoms with Crippen LogP contribution in [0.4, 0.5) is 5.82 Å². The van der Waals surface area contributed by atoms with Crippen LogP contribution in [-0.4, -0.2) is 9.55 Å². The van der Waals surface area contributed by atoms with Gasteiger partial charge < -0.3 is 10.3 Å². The van der Waals surface area contributed by atoms with Gasteiger partial charge in [0.15, 0.2) is 0 Å². The summed E-state index contributed by atoms with van der Waals surface area (Å²) in [6, 6.07) is 4.12. The van der Waals surface area contributed by atoms with E-state index in [1.165, 1.54) is 17.7 Å². The molecule has 3 heterocycles. The average molecular weight is 219 g/mol. The van der Waals surface area contributed by atoms with Crippen LogP contribution >= 0.6 is 11.3 Å². The lowest BCUT2D eigenvalue weighted by atomic mass is 10.2. The van der Waals surface area contributed by atoms with Crippen LogP contribution in [0.3, 0.4) is 0 Å². The second kappa shape index (κ2) is 3.38. The fourth-order valence-electron chi connectivity index (χ4n) is 2.10. The molecule has 4 heteroatoms. The molecule has 0 unspecified atom stereocenters. The maximum absolute atomic E-state index is 6.12. The standard InChI is InChI=1S/C11H13N3S/c12-11-10(8-4-3-7-15-8)13-9-5-1-2-6-14(9)11/h3-4,7H,1-2,5-6,12H2. The normalized spacial score (nSPS) is 15.2. The molecule has 15 heavy (non-hydrogen) atoms. The number of imidazole rings is 1. The summed E-state index contributed by atoms with van der Waals surface area (Å²) in [4.78, 5) is 5.82. The molecule has 3 nitrogen and oxygen atoms in total. The van der Waals surface area contributed by atoms with Crippen LogP contribution in [-0.2, 0) is 13.0 Å². The van der Waals surface area contributed by atoms with E-state index in [-0.39, 0.29) is 0 Å². The molecule has 0 radical (unpaired) electrons. The van der Waals surface area contributed by atoms with Crippen LogP contribution in [0.25, 0.3) is 10.6 Å². The Bertz CT molecular complexity index is 470. The monoisotopic (exact) mass is 219 g/mol. The first-order chi connectivity index (χ1) is 7.36. The highest BCUT2D eigenvalue weighted by molar-refractivity contribution is 7.13. The molecule has 1 aliphatic rings. The predicted octanol–water partition coefficient (Wildman–Crippen LogP) is 2.53. The van der Waals surface area contributed by atoms with E-state index in [9.17, 15) is 0 Å². The van der Waals surface area contributed by atoms with Crippen molar-refractivity contribution in [1.82, 2.24) is 9.55 Å². The third kappa shape index (κ3) is 1.36. The van der Waals surface area contributed by atoms with Crippen molar-refractivity contribution in [2.75, 3.05) is 5.73 Å². The first-order valence-electron chi connectivity index (χ1n) is 5.25. The fourth-order valence-corrected chi connectivity index (χ4v) is 2.82. The van der Waals surface area contributed by atoms with E-state index in [1.54, 1.807) is 11.3 Å². The van der Waals surface area contributed by atoms with Gasteiger partial charge in [0.25, 0.3) is 0 Å². The van der Waals surface area contributed by atoms with Crippen molar-refractivity contribution in [1.29, 1.82) is 0 Å². The summed E-state index contributed by atoms with van der Waals surface area (Å²) >= 11 is 1.70. The van der Waals surface area contributed by atoms with Gasteiger partial charge in [-0.1, -0.05) is 6.07 Å². The summed E-state index contributed by atoms with van der Waals surface area (Å²) < 4.78 is 2.17. The first-order valence-corrected chi connectivity index (χ1v) is 6.13. The Balaban J connectivity index is 2.13. The lowest BCUT2D eigenvalue weighted by molar-refractivity contribution is 0.527. The highest BCUT2D eigenvalue weighted by atomic mass is 32.1. The van der Waals surface area contributed by atoms with E-state index in [2.05, 4.69) is 21.0 Å². The molecule has 3 rings (SSSR count). The van der Waals surface area contributed by atoms with Gasteiger partial charge in [-0.15, -0.1) is 11.3 Å². The molecular formula is C11H13N3S. The topological polar surface area (TPSA) is 43.8 Å². The van der Waals surface area contributed by atoms with Crippen LogP contribution in [0.1, 0.15) is 18.7 Å². The molecule has 0 bridgehead atoms. The summed E-state index contributed by atoms with van der Waals surface area (Å²) in [5, 5.41) is 2.06. The first kappa shape index (κ1) is 8.97. The van der Waals surface area contributed by atoms with Crippen LogP contribution in [0, 0.1) is 0 Å². The Morgan fingerprint density at radius 3 is 3.07 bits per heavy atom. The molecule has 0 atom stereocenters. The van der Waals surface area contributed by atoms with Gasteiger partial charge >= 0.3 is 0 Å². The van der Waals surface area contributed by atoms with Crippen molar-refractivity contribution < 1.29 is 0 Å². The third-order valence-electron chi connectivity index (χ3n) is 2.87. The Labute approximate surface area is 92.6 Å². The second-order valence-electron chi connectivity index (χ2n) is 3.85. The van der Waals surface area contributed by atoms with Crippen LogP contribution < -0.4 is 5.73 Å². The molecule has 0 spiro atoms. The Morgan fingerprint density at radius 2 is 2.33 bits per heavy atom. The van der Waals surface area contributed by atoms with Gasteiger partial charge in [0.2, 0.25) is 0 Å². The van der Waals surface area contributed by atoms with Gasteiger partial charge in [0.05, 0.1) is 4.88 Å². The number of nitrogens with zero attached hydrogens (tertiary/aromatic N) is 2.